The number of carbonyl (C=O) groups excluding carboxylic acids is 1. The molecule has 0 fully saturated rings. The summed E-state index contributed by atoms with van der Waals surface area (Å²) in [5, 5.41) is 5.41. The van der Waals surface area contributed by atoms with Crippen molar-refractivity contribution >= 4 is 40.6 Å². The van der Waals surface area contributed by atoms with Crippen LogP contribution in [0, 0.1) is 5.41 Å². The molecule has 1 aromatic carbocycles. The zero-order chi connectivity index (χ0) is 18.4. The average Bonchev–Trinajstić information content (AvgIpc) is 3.18. The van der Waals surface area contributed by atoms with Gasteiger partial charge in [0.25, 0.3) is 0 Å². The van der Waals surface area contributed by atoms with Crippen molar-refractivity contribution in [3.63, 3.8) is 0 Å². The lowest BCUT2D eigenvalue weighted by atomic mass is 9.84. The van der Waals surface area contributed by atoms with Crippen molar-refractivity contribution in [2.45, 2.75) is 45.8 Å². The molecule has 0 aliphatic carbocycles. The average molecular weight is 403 g/mol. The highest BCUT2D eigenvalue weighted by Gasteiger charge is 2.37. The fourth-order valence-corrected chi connectivity index (χ4v) is 3.73. The summed E-state index contributed by atoms with van der Waals surface area (Å²) in [5.74, 6) is 0.606. The van der Waals surface area contributed by atoms with Gasteiger partial charge in [-0.05, 0) is 6.07 Å². The second-order valence-electron chi connectivity index (χ2n) is 7.15. The summed E-state index contributed by atoms with van der Waals surface area (Å²) in [7, 11) is 0. The van der Waals surface area contributed by atoms with Crippen LogP contribution in [0.15, 0.2) is 18.7 Å². The van der Waals surface area contributed by atoms with Gasteiger partial charge in [0.15, 0.2) is 5.78 Å². The summed E-state index contributed by atoms with van der Waals surface area (Å²) in [6, 6.07) is 1.09. The van der Waals surface area contributed by atoms with Gasteiger partial charge in [-0.1, -0.05) is 55.6 Å². The maximum Gasteiger partial charge on any atom is 0.162 e. The van der Waals surface area contributed by atoms with Crippen LogP contribution in [-0.2, 0) is 11.2 Å². The fraction of sp³-hybridized carbons (Fsp3) is 0.471. The van der Waals surface area contributed by atoms with Crippen molar-refractivity contribution in [3.05, 3.63) is 39.4 Å². The zero-order valence-corrected chi connectivity index (χ0v) is 16.4. The van der Waals surface area contributed by atoms with Crippen LogP contribution in [0.2, 0.25) is 15.1 Å². The molecule has 3 rings (SSSR count). The normalized spacial score (nSPS) is 17.9. The van der Waals surface area contributed by atoms with Crippen molar-refractivity contribution < 1.29 is 9.53 Å². The highest BCUT2D eigenvalue weighted by molar-refractivity contribution is 6.44. The Morgan fingerprint density at radius 2 is 2.08 bits per heavy atom. The Morgan fingerprint density at radius 1 is 1.36 bits per heavy atom. The summed E-state index contributed by atoms with van der Waals surface area (Å²) in [5.41, 5.74) is 0.269. The van der Waals surface area contributed by atoms with Gasteiger partial charge >= 0.3 is 0 Å². The molecule has 2 atom stereocenters. The number of Topliss-reactive ketones (excluding diaryl/α,β-unsaturated/α-hetero) is 1. The molecule has 1 aliphatic heterocycles. The lowest BCUT2D eigenvalue weighted by Gasteiger charge is -2.26. The maximum atomic E-state index is 12.9. The van der Waals surface area contributed by atoms with Crippen LogP contribution in [0.1, 0.15) is 38.8 Å². The number of hydrogen-bond donors (Lipinski definition) is 0. The van der Waals surface area contributed by atoms with E-state index in [4.69, 9.17) is 39.5 Å². The first kappa shape index (κ1) is 18.5. The van der Waals surface area contributed by atoms with Crippen LogP contribution in [0.4, 0.5) is 0 Å². The van der Waals surface area contributed by atoms with Crippen LogP contribution < -0.4 is 4.74 Å². The van der Waals surface area contributed by atoms with Crippen LogP contribution in [0.25, 0.3) is 0 Å². The molecular weight excluding hydrogens is 385 g/mol. The number of ether oxygens (including phenoxy) is 1. The van der Waals surface area contributed by atoms with Gasteiger partial charge in [-0.15, -0.1) is 0 Å². The van der Waals surface area contributed by atoms with E-state index in [9.17, 15) is 4.79 Å². The molecule has 0 radical (unpaired) electrons. The number of nitrogens with zero attached hydrogens (tertiary/aromatic N) is 3. The number of halogens is 3. The van der Waals surface area contributed by atoms with E-state index in [1.165, 1.54) is 6.33 Å². The van der Waals surface area contributed by atoms with Crippen LogP contribution in [0.3, 0.4) is 0 Å². The van der Waals surface area contributed by atoms with Crippen LogP contribution in [0.5, 0.6) is 5.75 Å². The summed E-state index contributed by atoms with van der Waals surface area (Å²) < 4.78 is 7.56. The Labute approximate surface area is 161 Å². The topological polar surface area (TPSA) is 57.0 Å². The molecule has 25 heavy (non-hydrogen) atoms. The third-order valence-electron chi connectivity index (χ3n) is 4.22. The molecule has 0 bridgehead atoms. The summed E-state index contributed by atoms with van der Waals surface area (Å²) in [6.45, 7) is 5.66. The summed E-state index contributed by atoms with van der Waals surface area (Å²) >= 11 is 18.6. The third-order valence-corrected chi connectivity index (χ3v) is 5.33. The van der Waals surface area contributed by atoms with Crippen molar-refractivity contribution in [1.29, 1.82) is 0 Å². The lowest BCUT2D eigenvalue weighted by molar-refractivity contribution is -0.130. The van der Waals surface area contributed by atoms with Gasteiger partial charge in [0.1, 0.15) is 30.5 Å². The van der Waals surface area contributed by atoms with E-state index in [-0.39, 0.29) is 11.9 Å². The molecule has 0 saturated heterocycles. The van der Waals surface area contributed by atoms with E-state index in [1.54, 1.807) is 17.1 Å². The highest BCUT2D eigenvalue weighted by atomic mass is 35.5. The van der Waals surface area contributed by atoms with Gasteiger partial charge in [-0.2, -0.15) is 5.10 Å². The maximum absolute atomic E-state index is 12.9. The Bertz CT molecular complexity index is 800. The smallest absolute Gasteiger partial charge is 0.162 e. The number of ketones is 1. The predicted molar refractivity (Wildman–Crippen MR) is 97.7 cm³/mol. The van der Waals surface area contributed by atoms with Gasteiger partial charge in [0, 0.05) is 23.8 Å². The number of hydrogen-bond acceptors (Lipinski definition) is 4. The molecule has 0 spiro atoms. The molecule has 1 aromatic heterocycles. The third kappa shape index (κ3) is 3.64. The molecule has 0 N–H and O–H groups in total. The van der Waals surface area contributed by atoms with E-state index >= 15 is 0 Å². The van der Waals surface area contributed by atoms with Gasteiger partial charge in [0.2, 0.25) is 0 Å². The highest BCUT2D eigenvalue weighted by Crippen LogP contribution is 2.45. The molecule has 8 heteroatoms. The molecule has 0 amide bonds. The molecule has 2 aromatic rings. The summed E-state index contributed by atoms with van der Waals surface area (Å²) in [6.07, 6.45) is 3.70. The van der Waals surface area contributed by atoms with Gasteiger partial charge < -0.3 is 4.74 Å². The minimum atomic E-state index is -0.513. The molecule has 2 heterocycles. The quantitative estimate of drug-likeness (QED) is 0.690. The van der Waals surface area contributed by atoms with Gasteiger partial charge in [-0.3, -0.25) is 4.79 Å². The van der Waals surface area contributed by atoms with E-state index in [0.29, 0.717) is 33.7 Å². The van der Waals surface area contributed by atoms with Crippen molar-refractivity contribution in [1.82, 2.24) is 14.8 Å². The molecule has 134 valence electrons. The predicted octanol–water partition coefficient (Wildman–Crippen LogP) is 4.79. The Balaban J connectivity index is 1.86. The first-order valence-corrected chi connectivity index (χ1v) is 9.03. The molecular formula is C17H18Cl3N3O2. The second kappa shape index (κ2) is 6.78. The molecule has 2 unspecified atom stereocenters. The van der Waals surface area contributed by atoms with Gasteiger partial charge in [0.05, 0.1) is 15.1 Å². The standard InChI is InChI=1S/C17H18Cl3N3O2/c1-17(2,3)16(24)13(23-8-21-7-22-23)5-9-4-10-14(20)11(18)6-12(19)15(10)25-9/h6-9,13H,4-5H2,1-3H3. The zero-order valence-electron chi connectivity index (χ0n) is 14.1. The van der Waals surface area contributed by atoms with E-state index in [0.717, 1.165) is 5.56 Å². The summed E-state index contributed by atoms with van der Waals surface area (Å²) in [4.78, 5) is 16.9. The number of carbonyl (C=O) groups is 1. The number of rotatable bonds is 4. The molecule has 1 aliphatic rings. The van der Waals surface area contributed by atoms with Crippen molar-refractivity contribution in [2.75, 3.05) is 0 Å². The fourth-order valence-electron chi connectivity index (χ4n) is 2.97. The number of fused-ring (bicyclic) bond motifs is 1. The number of aromatic nitrogens is 3. The minimum Gasteiger partial charge on any atom is -0.488 e. The van der Waals surface area contributed by atoms with Crippen LogP contribution >= 0.6 is 34.8 Å². The van der Waals surface area contributed by atoms with Gasteiger partial charge in [-0.25, -0.2) is 9.67 Å². The Kier molecular flexibility index (Phi) is 5.02. The Morgan fingerprint density at radius 3 is 2.68 bits per heavy atom. The SMILES string of the molecule is CC(C)(C)C(=O)C(CC1Cc2c(Cl)c(Cl)cc(Cl)c2O1)n1cncn1. The first-order valence-electron chi connectivity index (χ1n) is 7.90. The van der Waals surface area contributed by atoms with E-state index in [2.05, 4.69) is 10.1 Å². The molecule has 5 nitrogen and oxygen atoms in total. The second-order valence-corrected chi connectivity index (χ2v) is 8.34. The lowest BCUT2D eigenvalue weighted by Crippen LogP contribution is -2.34. The van der Waals surface area contributed by atoms with E-state index < -0.39 is 11.5 Å². The first-order chi connectivity index (χ1) is 11.7. The van der Waals surface area contributed by atoms with Crippen molar-refractivity contribution in [2.24, 2.45) is 5.41 Å². The largest absolute Gasteiger partial charge is 0.488 e. The van der Waals surface area contributed by atoms with Crippen molar-refractivity contribution in [3.8, 4) is 5.75 Å². The molecule has 0 saturated carbocycles. The van der Waals surface area contributed by atoms with E-state index in [1.807, 2.05) is 20.8 Å². The monoisotopic (exact) mass is 401 g/mol. The number of benzene rings is 1. The Hall–Kier alpha value is -1.30. The minimum absolute atomic E-state index is 0.0628. The van der Waals surface area contributed by atoms with Crippen LogP contribution in [-0.4, -0.2) is 26.7 Å².